The summed E-state index contributed by atoms with van der Waals surface area (Å²) in [5.41, 5.74) is 5.19. The number of methoxy groups -OCH3 is 1. The molecular formula is C13H25NO4. The van der Waals surface area contributed by atoms with Crippen LogP contribution in [0.3, 0.4) is 0 Å². The fourth-order valence-corrected chi connectivity index (χ4v) is 2.29. The number of rotatable bonds is 6. The minimum atomic E-state index is -0.878. The Morgan fingerprint density at radius 3 is 2.78 bits per heavy atom. The smallest absolute Gasteiger partial charge is 0.325 e. The molecule has 0 saturated heterocycles. The van der Waals surface area contributed by atoms with Crippen LogP contribution >= 0.6 is 0 Å². The van der Waals surface area contributed by atoms with Gasteiger partial charge in [-0.25, -0.2) is 0 Å². The van der Waals surface area contributed by atoms with Crippen LogP contribution in [0.1, 0.15) is 39.5 Å². The van der Waals surface area contributed by atoms with Gasteiger partial charge in [-0.2, -0.15) is 0 Å². The molecule has 18 heavy (non-hydrogen) atoms. The second-order valence-electron chi connectivity index (χ2n) is 5.16. The summed E-state index contributed by atoms with van der Waals surface area (Å²) in [5.74, 6) is -0.339. The van der Waals surface area contributed by atoms with Crippen LogP contribution in [-0.2, 0) is 19.0 Å². The van der Waals surface area contributed by atoms with E-state index >= 15 is 0 Å². The van der Waals surface area contributed by atoms with E-state index in [1.165, 1.54) is 7.11 Å². The van der Waals surface area contributed by atoms with Crippen molar-refractivity contribution in [1.82, 2.24) is 0 Å². The second kappa shape index (κ2) is 7.07. The van der Waals surface area contributed by atoms with Crippen LogP contribution in [0.4, 0.5) is 0 Å². The van der Waals surface area contributed by atoms with Gasteiger partial charge in [0.25, 0.3) is 0 Å². The molecule has 1 saturated carbocycles. The summed E-state index contributed by atoms with van der Waals surface area (Å²) in [6, 6.07) is 0. The van der Waals surface area contributed by atoms with Crippen molar-refractivity contribution < 1.29 is 19.0 Å². The standard InChI is InChI=1S/C13H25NO4/c1-10(2)17-7-8-18-11-5-4-6-13(14,9-11)12(15)16-3/h10-11H,4-9,14H2,1-3H3. The number of carbonyl (C=O) groups excluding carboxylic acids is 1. The third-order valence-electron chi connectivity index (χ3n) is 3.22. The third-order valence-corrected chi connectivity index (χ3v) is 3.22. The Labute approximate surface area is 109 Å². The lowest BCUT2D eigenvalue weighted by molar-refractivity contribution is -0.151. The van der Waals surface area contributed by atoms with Gasteiger partial charge in [-0.1, -0.05) is 0 Å². The molecule has 2 N–H and O–H groups in total. The van der Waals surface area contributed by atoms with Crippen molar-refractivity contribution in [1.29, 1.82) is 0 Å². The maximum Gasteiger partial charge on any atom is 0.325 e. The monoisotopic (exact) mass is 259 g/mol. The number of ether oxygens (including phenoxy) is 3. The van der Waals surface area contributed by atoms with Crippen LogP contribution in [0.15, 0.2) is 0 Å². The van der Waals surface area contributed by atoms with Crippen molar-refractivity contribution in [3.8, 4) is 0 Å². The average Bonchev–Trinajstić information content (AvgIpc) is 2.33. The summed E-state index contributed by atoms with van der Waals surface area (Å²) in [5, 5.41) is 0. The lowest BCUT2D eigenvalue weighted by Gasteiger charge is -2.35. The average molecular weight is 259 g/mol. The van der Waals surface area contributed by atoms with E-state index in [1.807, 2.05) is 13.8 Å². The number of carbonyl (C=O) groups is 1. The molecule has 1 aliphatic carbocycles. The van der Waals surface area contributed by atoms with Crippen LogP contribution in [0.25, 0.3) is 0 Å². The van der Waals surface area contributed by atoms with Crippen LogP contribution < -0.4 is 5.73 Å². The molecule has 2 unspecified atom stereocenters. The zero-order chi connectivity index (χ0) is 13.6. The third kappa shape index (κ3) is 4.55. The van der Waals surface area contributed by atoms with E-state index in [-0.39, 0.29) is 18.2 Å². The van der Waals surface area contributed by atoms with Crippen molar-refractivity contribution in [3.05, 3.63) is 0 Å². The van der Waals surface area contributed by atoms with E-state index in [2.05, 4.69) is 0 Å². The van der Waals surface area contributed by atoms with Gasteiger partial charge in [0, 0.05) is 6.42 Å². The SMILES string of the molecule is COC(=O)C1(N)CCCC(OCCOC(C)C)C1. The predicted molar refractivity (Wildman–Crippen MR) is 68.2 cm³/mol. The van der Waals surface area contributed by atoms with Gasteiger partial charge in [-0.15, -0.1) is 0 Å². The Bertz CT molecular complexity index is 270. The predicted octanol–water partition coefficient (Wildman–Crippen LogP) is 1.24. The minimum absolute atomic E-state index is 0.0265. The first-order chi connectivity index (χ1) is 8.48. The Balaban J connectivity index is 2.33. The van der Waals surface area contributed by atoms with Gasteiger partial charge in [-0.05, 0) is 33.1 Å². The molecule has 0 aromatic heterocycles. The maximum atomic E-state index is 11.6. The highest BCUT2D eigenvalue weighted by Crippen LogP contribution is 2.29. The Kier molecular flexibility index (Phi) is 6.05. The summed E-state index contributed by atoms with van der Waals surface area (Å²) in [4.78, 5) is 11.6. The Morgan fingerprint density at radius 2 is 2.17 bits per heavy atom. The first-order valence-electron chi connectivity index (χ1n) is 6.58. The second-order valence-corrected chi connectivity index (χ2v) is 5.16. The molecule has 0 bridgehead atoms. The molecule has 0 amide bonds. The van der Waals surface area contributed by atoms with Gasteiger partial charge >= 0.3 is 5.97 Å². The quantitative estimate of drug-likeness (QED) is 0.574. The largest absolute Gasteiger partial charge is 0.468 e. The van der Waals surface area contributed by atoms with Crippen LogP contribution in [0, 0.1) is 0 Å². The molecule has 0 radical (unpaired) electrons. The van der Waals surface area contributed by atoms with Crippen molar-refractivity contribution in [2.75, 3.05) is 20.3 Å². The summed E-state index contributed by atoms with van der Waals surface area (Å²) >= 11 is 0. The van der Waals surface area contributed by atoms with Gasteiger partial charge in [-0.3, -0.25) is 4.79 Å². The molecule has 106 valence electrons. The van der Waals surface area contributed by atoms with Crippen LogP contribution in [0.2, 0.25) is 0 Å². The zero-order valence-electron chi connectivity index (χ0n) is 11.6. The van der Waals surface area contributed by atoms with E-state index in [1.54, 1.807) is 0 Å². The first-order valence-corrected chi connectivity index (χ1v) is 6.58. The van der Waals surface area contributed by atoms with Crippen molar-refractivity contribution >= 4 is 5.97 Å². The van der Waals surface area contributed by atoms with E-state index in [0.717, 1.165) is 12.8 Å². The normalized spacial score (nSPS) is 28.4. The molecule has 0 spiro atoms. The molecule has 1 aliphatic rings. The Hall–Kier alpha value is -0.650. The molecule has 1 fully saturated rings. The molecule has 0 aliphatic heterocycles. The molecule has 2 atom stereocenters. The molecule has 1 rings (SSSR count). The maximum absolute atomic E-state index is 11.6. The summed E-state index contributed by atoms with van der Waals surface area (Å²) in [6.45, 7) is 5.09. The van der Waals surface area contributed by atoms with Gasteiger partial charge in [0.05, 0.1) is 32.5 Å². The van der Waals surface area contributed by atoms with E-state index in [4.69, 9.17) is 19.9 Å². The number of hydrogen-bond donors (Lipinski definition) is 1. The highest BCUT2D eigenvalue weighted by Gasteiger charge is 2.40. The molecule has 5 heteroatoms. The van der Waals surface area contributed by atoms with Gasteiger partial charge in [0.2, 0.25) is 0 Å². The minimum Gasteiger partial charge on any atom is -0.468 e. The fraction of sp³-hybridized carbons (Fsp3) is 0.923. The van der Waals surface area contributed by atoms with E-state index < -0.39 is 5.54 Å². The number of nitrogens with two attached hydrogens (primary N) is 1. The fourth-order valence-electron chi connectivity index (χ4n) is 2.29. The molecule has 0 heterocycles. The number of esters is 1. The molecule has 0 aromatic carbocycles. The molecule has 0 aromatic rings. The summed E-state index contributed by atoms with van der Waals surface area (Å²) < 4.78 is 15.9. The number of hydrogen-bond acceptors (Lipinski definition) is 5. The van der Waals surface area contributed by atoms with Crippen molar-refractivity contribution in [2.24, 2.45) is 5.73 Å². The lowest BCUT2D eigenvalue weighted by Crippen LogP contribution is -2.53. The van der Waals surface area contributed by atoms with Gasteiger partial charge in [0.15, 0.2) is 0 Å². The van der Waals surface area contributed by atoms with Gasteiger partial charge < -0.3 is 19.9 Å². The van der Waals surface area contributed by atoms with Gasteiger partial charge in [0.1, 0.15) is 5.54 Å². The topological polar surface area (TPSA) is 70.8 Å². The molecular weight excluding hydrogens is 234 g/mol. The van der Waals surface area contributed by atoms with E-state index in [9.17, 15) is 4.79 Å². The first kappa shape index (κ1) is 15.4. The lowest BCUT2D eigenvalue weighted by atomic mass is 9.81. The summed E-state index contributed by atoms with van der Waals surface area (Å²) in [7, 11) is 1.37. The van der Waals surface area contributed by atoms with Crippen LogP contribution in [0.5, 0.6) is 0 Å². The van der Waals surface area contributed by atoms with Crippen molar-refractivity contribution in [3.63, 3.8) is 0 Å². The van der Waals surface area contributed by atoms with Crippen molar-refractivity contribution in [2.45, 2.75) is 57.3 Å². The van der Waals surface area contributed by atoms with Crippen LogP contribution in [-0.4, -0.2) is 44.0 Å². The summed E-state index contributed by atoms with van der Waals surface area (Å²) in [6.07, 6.45) is 3.27. The molecule has 5 nitrogen and oxygen atoms in total. The zero-order valence-corrected chi connectivity index (χ0v) is 11.6. The highest BCUT2D eigenvalue weighted by molar-refractivity contribution is 5.80. The highest BCUT2D eigenvalue weighted by atomic mass is 16.5. The van der Waals surface area contributed by atoms with E-state index in [0.29, 0.717) is 26.1 Å². The Morgan fingerprint density at radius 1 is 1.44 bits per heavy atom.